The van der Waals surface area contributed by atoms with Crippen LogP contribution in [0.15, 0.2) is 53.5 Å². The first-order chi connectivity index (χ1) is 14.3. The van der Waals surface area contributed by atoms with E-state index in [9.17, 15) is 0 Å². The SMILES string of the molecule is CCCCCCCCc1ccc(N=Cc2ccc(OCCCCCC)cc2)cc1. The van der Waals surface area contributed by atoms with E-state index in [4.69, 9.17) is 4.74 Å². The highest BCUT2D eigenvalue weighted by Crippen LogP contribution is 2.17. The molecule has 0 aromatic heterocycles. The number of unbranched alkanes of at least 4 members (excludes halogenated alkanes) is 8. The Morgan fingerprint density at radius 3 is 2.00 bits per heavy atom. The van der Waals surface area contributed by atoms with Crippen molar-refractivity contribution in [3.05, 3.63) is 59.7 Å². The molecule has 0 spiro atoms. The second kappa shape index (κ2) is 14.8. The molecule has 2 aromatic rings. The summed E-state index contributed by atoms with van der Waals surface area (Å²) in [7, 11) is 0. The number of nitrogens with zero attached hydrogens (tertiary/aromatic N) is 1. The van der Waals surface area contributed by atoms with E-state index in [1.807, 2.05) is 18.3 Å². The molecule has 0 N–H and O–H groups in total. The summed E-state index contributed by atoms with van der Waals surface area (Å²) in [5.41, 5.74) is 3.52. The quantitative estimate of drug-likeness (QED) is 0.220. The smallest absolute Gasteiger partial charge is 0.119 e. The van der Waals surface area contributed by atoms with Crippen molar-refractivity contribution in [2.75, 3.05) is 6.61 Å². The minimum absolute atomic E-state index is 0.804. The van der Waals surface area contributed by atoms with Crippen LogP contribution in [0.5, 0.6) is 5.75 Å². The van der Waals surface area contributed by atoms with E-state index in [0.717, 1.165) is 30.0 Å². The molecule has 0 saturated carbocycles. The fourth-order valence-corrected chi connectivity index (χ4v) is 3.38. The zero-order valence-corrected chi connectivity index (χ0v) is 18.5. The zero-order valence-electron chi connectivity index (χ0n) is 18.5. The fourth-order valence-electron chi connectivity index (χ4n) is 3.38. The molecule has 0 aliphatic carbocycles. The van der Waals surface area contributed by atoms with Crippen LogP contribution in [0.1, 0.15) is 89.2 Å². The van der Waals surface area contributed by atoms with Crippen molar-refractivity contribution in [1.82, 2.24) is 0 Å². The van der Waals surface area contributed by atoms with Crippen LogP contribution in [-0.2, 0) is 6.42 Å². The lowest BCUT2D eigenvalue weighted by Crippen LogP contribution is -1.97. The van der Waals surface area contributed by atoms with Crippen LogP contribution in [0.3, 0.4) is 0 Å². The molecule has 0 saturated heterocycles. The van der Waals surface area contributed by atoms with Crippen LogP contribution in [0.2, 0.25) is 0 Å². The molecule has 0 heterocycles. The first-order valence-corrected chi connectivity index (χ1v) is 11.7. The summed E-state index contributed by atoms with van der Waals surface area (Å²) < 4.78 is 5.80. The predicted octanol–water partition coefficient (Wildman–Crippen LogP) is 8.30. The first-order valence-electron chi connectivity index (χ1n) is 11.7. The average molecular weight is 394 g/mol. The van der Waals surface area contributed by atoms with Gasteiger partial charge < -0.3 is 4.74 Å². The number of aryl methyl sites for hydroxylation is 1. The molecule has 0 atom stereocenters. The Hall–Kier alpha value is -2.09. The number of rotatable bonds is 15. The van der Waals surface area contributed by atoms with E-state index < -0.39 is 0 Å². The Labute approximate surface area is 178 Å². The van der Waals surface area contributed by atoms with Gasteiger partial charge in [0.05, 0.1) is 12.3 Å². The normalized spacial score (nSPS) is 11.2. The molecule has 0 aliphatic heterocycles. The topological polar surface area (TPSA) is 21.6 Å². The van der Waals surface area contributed by atoms with Crippen LogP contribution in [-0.4, -0.2) is 12.8 Å². The molecule has 0 unspecified atom stereocenters. The van der Waals surface area contributed by atoms with Crippen LogP contribution < -0.4 is 4.74 Å². The second-order valence-electron chi connectivity index (χ2n) is 7.92. The van der Waals surface area contributed by atoms with Gasteiger partial charge in [-0.05, 0) is 66.8 Å². The largest absolute Gasteiger partial charge is 0.494 e. The highest BCUT2D eigenvalue weighted by Gasteiger charge is 1.97. The third-order valence-corrected chi connectivity index (χ3v) is 5.26. The van der Waals surface area contributed by atoms with Crippen molar-refractivity contribution >= 4 is 11.9 Å². The molecule has 2 aromatic carbocycles. The first kappa shape index (κ1) is 23.2. The summed E-state index contributed by atoms with van der Waals surface area (Å²) >= 11 is 0. The molecule has 29 heavy (non-hydrogen) atoms. The lowest BCUT2D eigenvalue weighted by Gasteiger charge is -2.06. The lowest BCUT2D eigenvalue weighted by molar-refractivity contribution is 0.305. The van der Waals surface area contributed by atoms with Crippen molar-refractivity contribution < 1.29 is 4.74 Å². The van der Waals surface area contributed by atoms with Gasteiger partial charge >= 0.3 is 0 Å². The van der Waals surface area contributed by atoms with Gasteiger partial charge in [0.1, 0.15) is 5.75 Å². The summed E-state index contributed by atoms with van der Waals surface area (Å²) in [4.78, 5) is 4.61. The van der Waals surface area contributed by atoms with E-state index in [1.54, 1.807) is 0 Å². The van der Waals surface area contributed by atoms with Crippen molar-refractivity contribution in [3.8, 4) is 5.75 Å². The van der Waals surface area contributed by atoms with Gasteiger partial charge in [-0.2, -0.15) is 0 Å². The second-order valence-corrected chi connectivity index (χ2v) is 7.92. The third kappa shape index (κ3) is 10.3. The van der Waals surface area contributed by atoms with Gasteiger partial charge in [-0.1, -0.05) is 77.3 Å². The molecule has 0 amide bonds. The number of benzene rings is 2. The molecular weight excluding hydrogens is 354 g/mol. The summed E-state index contributed by atoms with van der Waals surface area (Å²) in [6.07, 6.45) is 16.1. The van der Waals surface area contributed by atoms with Gasteiger partial charge in [-0.3, -0.25) is 4.99 Å². The lowest BCUT2D eigenvalue weighted by atomic mass is 10.0. The van der Waals surface area contributed by atoms with Crippen molar-refractivity contribution in [3.63, 3.8) is 0 Å². The van der Waals surface area contributed by atoms with E-state index in [1.165, 1.54) is 69.8 Å². The van der Waals surface area contributed by atoms with Gasteiger partial charge in [-0.15, -0.1) is 0 Å². The van der Waals surface area contributed by atoms with Crippen molar-refractivity contribution in [1.29, 1.82) is 0 Å². The van der Waals surface area contributed by atoms with E-state index in [2.05, 4.69) is 55.2 Å². The standard InChI is InChI=1S/C27H39NO/c1-3-5-7-9-10-11-13-24-14-18-26(19-15-24)28-23-25-16-20-27(21-17-25)29-22-12-8-6-4-2/h14-21,23H,3-13,22H2,1-2H3. The maximum Gasteiger partial charge on any atom is 0.119 e. The fraction of sp³-hybridized carbons (Fsp3) is 0.519. The molecular formula is C27H39NO. The van der Waals surface area contributed by atoms with Crippen LogP contribution in [0.25, 0.3) is 0 Å². The van der Waals surface area contributed by atoms with Crippen LogP contribution in [0.4, 0.5) is 5.69 Å². The summed E-state index contributed by atoms with van der Waals surface area (Å²) in [5.74, 6) is 0.942. The number of hydrogen-bond donors (Lipinski definition) is 0. The highest BCUT2D eigenvalue weighted by molar-refractivity contribution is 5.82. The zero-order chi connectivity index (χ0) is 20.6. The minimum atomic E-state index is 0.804. The molecule has 2 heteroatoms. The summed E-state index contributed by atoms with van der Waals surface area (Å²) in [6, 6.07) is 16.9. The Bertz CT molecular complexity index is 673. The number of aliphatic imine (C=N–C) groups is 1. The van der Waals surface area contributed by atoms with Gasteiger partial charge in [0.2, 0.25) is 0 Å². The van der Waals surface area contributed by atoms with Crippen molar-refractivity contribution in [2.24, 2.45) is 4.99 Å². The van der Waals surface area contributed by atoms with Gasteiger partial charge in [-0.25, -0.2) is 0 Å². The Kier molecular flexibility index (Phi) is 11.9. The number of hydrogen-bond acceptors (Lipinski definition) is 2. The molecule has 2 nitrogen and oxygen atoms in total. The molecule has 0 aliphatic rings. The Morgan fingerprint density at radius 1 is 0.690 bits per heavy atom. The third-order valence-electron chi connectivity index (χ3n) is 5.26. The maximum absolute atomic E-state index is 5.80. The molecule has 158 valence electrons. The van der Waals surface area contributed by atoms with Crippen LogP contribution >= 0.6 is 0 Å². The highest BCUT2D eigenvalue weighted by atomic mass is 16.5. The Morgan fingerprint density at radius 2 is 1.31 bits per heavy atom. The minimum Gasteiger partial charge on any atom is -0.494 e. The van der Waals surface area contributed by atoms with E-state index >= 15 is 0 Å². The van der Waals surface area contributed by atoms with E-state index in [-0.39, 0.29) is 0 Å². The predicted molar refractivity (Wildman–Crippen MR) is 127 cm³/mol. The summed E-state index contributed by atoms with van der Waals surface area (Å²) in [5, 5.41) is 0. The van der Waals surface area contributed by atoms with E-state index in [0.29, 0.717) is 0 Å². The van der Waals surface area contributed by atoms with Gasteiger partial charge in [0.15, 0.2) is 0 Å². The molecule has 0 bridgehead atoms. The molecule has 0 radical (unpaired) electrons. The number of ether oxygens (including phenoxy) is 1. The van der Waals surface area contributed by atoms with Crippen molar-refractivity contribution in [2.45, 2.75) is 84.5 Å². The van der Waals surface area contributed by atoms with Crippen LogP contribution in [0, 0.1) is 0 Å². The average Bonchev–Trinajstić information content (AvgIpc) is 2.76. The monoisotopic (exact) mass is 393 g/mol. The van der Waals surface area contributed by atoms with Gasteiger partial charge in [0, 0.05) is 6.21 Å². The summed E-state index contributed by atoms with van der Waals surface area (Å²) in [6.45, 7) is 5.30. The molecule has 0 fully saturated rings. The van der Waals surface area contributed by atoms with Gasteiger partial charge in [0.25, 0.3) is 0 Å². The molecule has 2 rings (SSSR count). The maximum atomic E-state index is 5.80. The Balaban J connectivity index is 1.70.